The molecule has 4 nitrogen and oxygen atoms in total. The molecule has 0 atom stereocenters. The third-order valence-corrected chi connectivity index (χ3v) is 2.73. The van der Waals surface area contributed by atoms with Crippen LogP contribution < -0.4 is 19.9 Å². The van der Waals surface area contributed by atoms with E-state index in [1.807, 2.05) is 18.2 Å². The van der Waals surface area contributed by atoms with Crippen LogP contribution in [0.4, 0.5) is 0 Å². The maximum atomic E-state index is 5.62. The Hall–Kier alpha value is -1.68. The molecule has 0 saturated carbocycles. The van der Waals surface area contributed by atoms with Gasteiger partial charge in [-0.2, -0.15) is 0 Å². The van der Waals surface area contributed by atoms with Crippen LogP contribution in [0, 0.1) is 0 Å². The SMILES string of the molecule is NCC1=Cc2c(ccc3c2OCCO3)OC1. The molecule has 0 spiro atoms. The highest BCUT2D eigenvalue weighted by atomic mass is 16.6. The summed E-state index contributed by atoms with van der Waals surface area (Å²) in [5.41, 5.74) is 7.63. The number of hydrogen-bond donors (Lipinski definition) is 1. The lowest BCUT2D eigenvalue weighted by Gasteiger charge is -2.24. The number of ether oxygens (including phenoxy) is 3. The molecular formula is C12H13NO3. The Balaban J connectivity index is 2.12. The number of nitrogens with two attached hydrogens (primary N) is 1. The summed E-state index contributed by atoms with van der Waals surface area (Å²) in [7, 11) is 0. The fraction of sp³-hybridized carbons (Fsp3) is 0.333. The fourth-order valence-corrected chi connectivity index (χ4v) is 1.92. The number of fused-ring (bicyclic) bond motifs is 3. The second-order valence-electron chi connectivity index (χ2n) is 3.80. The normalized spacial score (nSPS) is 17.2. The summed E-state index contributed by atoms with van der Waals surface area (Å²) in [6, 6.07) is 3.79. The Bertz CT molecular complexity index is 454. The zero-order valence-electron chi connectivity index (χ0n) is 8.86. The van der Waals surface area contributed by atoms with Crippen molar-refractivity contribution in [1.82, 2.24) is 0 Å². The molecule has 0 saturated heterocycles. The molecule has 2 N–H and O–H groups in total. The topological polar surface area (TPSA) is 53.7 Å². The van der Waals surface area contributed by atoms with Gasteiger partial charge in [-0.3, -0.25) is 0 Å². The van der Waals surface area contributed by atoms with Crippen molar-refractivity contribution in [2.24, 2.45) is 5.73 Å². The van der Waals surface area contributed by atoms with Gasteiger partial charge < -0.3 is 19.9 Å². The zero-order chi connectivity index (χ0) is 11.0. The van der Waals surface area contributed by atoms with Gasteiger partial charge in [0, 0.05) is 6.54 Å². The summed E-state index contributed by atoms with van der Waals surface area (Å²) in [5.74, 6) is 2.39. The largest absolute Gasteiger partial charge is 0.488 e. The summed E-state index contributed by atoms with van der Waals surface area (Å²) in [4.78, 5) is 0. The highest BCUT2D eigenvalue weighted by Crippen LogP contribution is 2.42. The predicted octanol–water partition coefficient (Wildman–Crippen LogP) is 1.19. The number of benzene rings is 1. The lowest BCUT2D eigenvalue weighted by molar-refractivity contribution is 0.170. The molecule has 2 heterocycles. The Kier molecular flexibility index (Phi) is 2.22. The third-order valence-electron chi connectivity index (χ3n) is 2.73. The lowest BCUT2D eigenvalue weighted by Crippen LogP contribution is -2.19. The average Bonchev–Trinajstić information content (AvgIpc) is 2.38. The molecule has 0 bridgehead atoms. The molecule has 1 aromatic carbocycles. The minimum Gasteiger partial charge on any atom is -0.488 e. The fourth-order valence-electron chi connectivity index (χ4n) is 1.92. The Morgan fingerprint density at radius 2 is 1.88 bits per heavy atom. The van der Waals surface area contributed by atoms with Crippen LogP contribution in [-0.4, -0.2) is 26.4 Å². The van der Waals surface area contributed by atoms with Gasteiger partial charge in [0.1, 0.15) is 25.6 Å². The molecule has 1 aromatic rings. The van der Waals surface area contributed by atoms with E-state index in [4.69, 9.17) is 19.9 Å². The van der Waals surface area contributed by atoms with Crippen LogP contribution in [0.3, 0.4) is 0 Å². The second-order valence-corrected chi connectivity index (χ2v) is 3.80. The molecule has 2 aliphatic rings. The monoisotopic (exact) mass is 219 g/mol. The van der Waals surface area contributed by atoms with Crippen LogP contribution in [0.15, 0.2) is 17.7 Å². The van der Waals surface area contributed by atoms with Gasteiger partial charge in [0.2, 0.25) is 0 Å². The van der Waals surface area contributed by atoms with Crippen molar-refractivity contribution in [2.75, 3.05) is 26.4 Å². The standard InChI is InChI=1S/C12H13NO3/c13-6-8-5-9-10(16-7-8)1-2-11-12(9)15-4-3-14-11/h1-2,5H,3-4,6-7,13H2. The van der Waals surface area contributed by atoms with Crippen molar-refractivity contribution >= 4 is 6.08 Å². The van der Waals surface area contributed by atoms with Crippen molar-refractivity contribution in [2.45, 2.75) is 0 Å². The van der Waals surface area contributed by atoms with Crippen LogP contribution in [0.2, 0.25) is 0 Å². The molecule has 2 aliphatic heterocycles. The first-order valence-electron chi connectivity index (χ1n) is 5.33. The minimum absolute atomic E-state index is 0.504. The highest BCUT2D eigenvalue weighted by molar-refractivity contribution is 5.72. The third kappa shape index (κ3) is 1.42. The lowest BCUT2D eigenvalue weighted by atomic mass is 10.1. The van der Waals surface area contributed by atoms with Gasteiger partial charge in [0.15, 0.2) is 11.5 Å². The molecular weight excluding hydrogens is 206 g/mol. The van der Waals surface area contributed by atoms with E-state index in [1.54, 1.807) is 0 Å². The summed E-state index contributed by atoms with van der Waals surface area (Å²) in [5, 5.41) is 0. The van der Waals surface area contributed by atoms with E-state index >= 15 is 0 Å². The van der Waals surface area contributed by atoms with Crippen molar-refractivity contribution in [1.29, 1.82) is 0 Å². The van der Waals surface area contributed by atoms with Gasteiger partial charge in [-0.1, -0.05) is 0 Å². The summed E-state index contributed by atoms with van der Waals surface area (Å²) >= 11 is 0. The smallest absolute Gasteiger partial charge is 0.172 e. The van der Waals surface area contributed by atoms with Crippen molar-refractivity contribution in [3.05, 3.63) is 23.3 Å². The molecule has 0 amide bonds. The van der Waals surface area contributed by atoms with Gasteiger partial charge >= 0.3 is 0 Å². The quantitative estimate of drug-likeness (QED) is 0.771. The minimum atomic E-state index is 0.504. The average molecular weight is 219 g/mol. The molecule has 0 fully saturated rings. The summed E-state index contributed by atoms with van der Waals surface area (Å²) in [6.45, 7) is 2.24. The van der Waals surface area contributed by atoms with E-state index in [2.05, 4.69) is 0 Å². The van der Waals surface area contributed by atoms with Crippen molar-refractivity contribution in [3.8, 4) is 17.2 Å². The van der Waals surface area contributed by atoms with Crippen LogP contribution >= 0.6 is 0 Å². The van der Waals surface area contributed by atoms with Crippen molar-refractivity contribution in [3.63, 3.8) is 0 Å². The molecule has 0 unspecified atom stereocenters. The first-order chi connectivity index (χ1) is 7.88. The molecule has 3 rings (SSSR count). The maximum Gasteiger partial charge on any atom is 0.172 e. The van der Waals surface area contributed by atoms with E-state index in [9.17, 15) is 0 Å². The molecule has 84 valence electrons. The highest BCUT2D eigenvalue weighted by Gasteiger charge is 2.21. The number of hydrogen-bond acceptors (Lipinski definition) is 4. The molecule has 0 aromatic heterocycles. The molecule has 4 heteroatoms. The van der Waals surface area contributed by atoms with E-state index in [0.717, 1.165) is 28.4 Å². The second kappa shape index (κ2) is 3.72. The van der Waals surface area contributed by atoms with Crippen molar-refractivity contribution < 1.29 is 14.2 Å². The Morgan fingerprint density at radius 1 is 1.06 bits per heavy atom. The van der Waals surface area contributed by atoms with Crippen LogP contribution in [0.25, 0.3) is 6.08 Å². The summed E-state index contributed by atoms with van der Waals surface area (Å²) < 4.78 is 16.8. The van der Waals surface area contributed by atoms with Gasteiger partial charge in [-0.25, -0.2) is 0 Å². The summed E-state index contributed by atoms with van der Waals surface area (Å²) in [6.07, 6.45) is 2.03. The van der Waals surface area contributed by atoms with Crippen LogP contribution in [0.5, 0.6) is 17.2 Å². The maximum absolute atomic E-state index is 5.62. The number of rotatable bonds is 1. The molecule has 16 heavy (non-hydrogen) atoms. The molecule has 0 aliphatic carbocycles. The van der Waals surface area contributed by atoms with E-state index < -0.39 is 0 Å². The van der Waals surface area contributed by atoms with E-state index in [-0.39, 0.29) is 0 Å². The molecule has 0 radical (unpaired) electrons. The van der Waals surface area contributed by atoms with E-state index in [0.29, 0.717) is 26.4 Å². The van der Waals surface area contributed by atoms with Crippen LogP contribution in [-0.2, 0) is 0 Å². The predicted molar refractivity (Wildman–Crippen MR) is 60.0 cm³/mol. The zero-order valence-corrected chi connectivity index (χ0v) is 8.86. The van der Waals surface area contributed by atoms with Gasteiger partial charge in [-0.15, -0.1) is 0 Å². The van der Waals surface area contributed by atoms with Gasteiger partial charge in [0.25, 0.3) is 0 Å². The van der Waals surface area contributed by atoms with E-state index in [1.165, 1.54) is 0 Å². The van der Waals surface area contributed by atoms with Crippen LogP contribution in [0.1, 0.15) is 5.56 Å². The Labute approximate surface area is 93.6 Å². The first kappa shape index (κ1) is 9.54. The Morgan fingerprint density at radius 3 is 2.75 bits per heavy atom. The van der Waals surface area contributed by atoms with Gasteiger partial charge in [-0.05, 0) is 23.8 Å². The van der Waals surface area contributed by atoms with Gasteiger partial charge in [0.05, 0.1) is 5.56 Å². The first-order valence-corrected chi connectivity index (χ1v) is 5.33.